The fraction of sp³-hybridized carbons (Fsp3) is 0.190. The van der Waals surface area contributed by atoms with E-state index < -0.39 is 12.3 Å². The number of aliphatic imine (C=N–C) groups is 1. The maximum Gasteiger partial charge on any atom is 0.314 e. The van der Waals surface area contributed by atoms with Crippen molar-refractivity contribution in [3.8, 4) is 22.7 Å². The van der Waals surface area contributed by atoms with Gasteiger partial charge in [0.25, 0.3) is 5.89 Å². The number of nitrogens with one attached hydrogen (secondary N) is 2. The molecule has 4 aromatic rings. The lowest BCUT2D eigenvalue weighted by atomic mass is 10.1. The van der Waals surface area contributed by atoms with Crippen molar-refractivity contribution in [2.24, 2.45) is 4.99 Å². The summed E-state index contributed by atoms with van der Waals surface area (Å²) in [5.41, 5.74) is 4.20. The van der Waals surface area contributed by atoms with E-state index in [-0.39, 0.29) is 12.2 Å². The average Bonchev–Trinajstić information content (AvgIpc) is 3.57. The number of alkyl halides is 2. The molecule has 11 heteroatoms. The monoisotopic (exact) mass is 436 g/mol. The summed E-state index contributed by atoms with van der Waals surface area (Å²) < 4.78 is 31.9. The van der Waals surface area contributed by atoms with Crippen LogP contribution in [0.3, 0.4) is 0 Å². The van der Waals surface area contributed by atoms with Crippen molar-refractivity contribution in [2.45, 2.75) is 19.3 Å². The van der Waals surface area contributed by atoms with Crippen molar-refractivity contribution in [2.75, 3.05) is 11.9 Å². The summed E-state index contributed by atoms with van der Waals surface area (Å²) in [6.45, 7) is 1.27. The van der Waals surface area contributed by atoms with Gasteiger partial charge in [-0.15, -0.1) is 15.3 Å². The number of benzene rings is 2. The minimum Gasteiger partial charge on any atom is -0.415 e. The Labute approximate surface area is 181 Å². The van der Waals surface area contributed by atoms with Gasteiger partial charge in [0, 0.05) is 29.6 Å². The number of rotatable bonds is 7. The van der Waals surface area contributed by atoms with Gasteiger partial charge in [-0.1, -0.05) is 29.5 Å². The molecule has 3 heterocycles. The minimum atomic E-state index is -2.79. The van der Waals surface area contributed by atoms with E-state index in [1.54, 1.807) is 16.8 Å². The number of hydrogen-bond donors (Lipinski definition) is 2. The molecule has 9 nitrogen and oxygen atoms in total. The summed E-state index contributed by atoms with van der Waals surface area (Å²) >= 11 is 0. The van der Waals surface area contributed by atoms with Gasteiger partial charge in [0.1, 0.15) is 5.69 Å². The summed E-state index contributed by atoms with van der Waals surface area (Å²) in [5.74, 6) is -0.630. The van der Waals surface area contributed by atoms with Gasteiger partial charge < -0.3 is 9.73 Å². The zero-order valence-corrected chi connectivity index (χ0v) is 16.7. The molecular formula is C21H18F2N8O. The van der Waals surface area contributed by atoms with Crippen molar-refractivity contribution in [3.05, 3.63) is 66.2 Å². The van der Waals surface area contributed by atoms with Crippen LogP contribution in [0, 0.1) is 0 Å². The second-order valence-corrected chi connectivity index (χ2v) is 7.11. The molecule has 2 N–H and O–H groups in total. The molecule has 2 aromatic carbocycles. The Kier molecular flexibility index (Phi) is 5.38. The van der Waals surface area contributed by atoms with Crippen molar-refractivity contribution in [3.63, 3.8) is 0 Å². The Morgan fingerprint density at radius 1 is 1.03 bits per heavy atom. The summed E-state index contributed by atoms with van der Waals surface area (Å²) in [5, 5.41) is 21.9. The third kappa shape index (κ3) is 4.37. The Balaban J connectivity index is 1.23. The molecule has 5 rings (SSSR count). The largest absolute Gasteiger partial charge is 0.415 e. The molecule has 0 saturated carbocycles. The molecule has 1 aliphatic rings. The van der Waals surface area contributed by atoms with Crippen LogP contribution in [0.4, 0.5) is 14.5 Å². The molecule has 0 radical (unpaired) electrons. The van der Waals surface area contributed by atoms with Crippen LogP contribution in [-0.4, -0.2) is 44.2 Å². The van der Waals surface area contributed by atoms with E-state index in [1.807, 2.05) is 48.8 Å². The van der Waals surface area contributed by atoms with Gasteiger partial charge in [0.05, 0.1) is 12.7 Å². The number of nitrogens with zero attached hydrogens (tertiary/aromatic N) is 6. The lowest BCUT2D eigenvalue weighted by molar-refractivity contribution is 0.116. The van der Waals surface area contributed by atoms with Crippen LogP contribution in [0.25, 0.3) is 22.7 Å². The first-order valence-corrected chi connectivity index (χ1v) is 9.87. The summed E-state index contributed by atoms with van der Waals surface area (Å²) in [6.07, 6.45) is 0.820. The van der Waals surface area contributed by atoms with E-state index in [4.69, 9.17) is 4.42 Å². The molecule has 0 spiro atoms. The van der Waals surface area contributed by atoms with E-state index in [1.165, 1.54) is 0 Å². The molecule has 32 heavy (non-hydrogen) atoms. The summed E-state index contributed by atoms with van der Waals surface area (Å²) in [6, 6.07) is 15.1. The molecule has 1 aliphatic heterocycles. The molecule has 0 fully saturated rings. The molecule has 1 unspecified atom stereocenters. The maximum atomic E-state index is 12.6. The van der Waals surface area contributed by atoms with Gasteiger partial charge in [-0.3, -0.25) is 10.3 Å². The van der Waals surface area contributed by atoms with E-state index in [0.717, 1.165) is 29.1 Å². The van der Waals surface area contributed by atoms with Crippen LogP contribution in [0.2, 0.25) is 0 Å². The first-order chi connectivity index (χ1) is 15.6. The highest BCUT2D eigenvalue weighted by Gasteiger charge is 2.17. The Morgan fingerprint density at radius 3 is 2.50 bits per heavy atom. The molecule has 0 bridgehead atoms. The van der Waals surface area contributed by atoms with Crippen LogP contribution < -0.4 is 10.6 Å². The smallest absolute Gasteiger partial charge is 0.314 e. The van der Waals surface area contributed by atoms with Gasteiger partial charge in [0.2, 0.25) is 5.89 Å². The predicted molar refractivity (Wildman–Crippen MR) is 113 cm³/mol. The quantitative estimate of drug-likeness (QED) is 0.458. The zero-order chi connectivity index (χ0) is 21.9. The van der Waals surface area contributed by atoms with Crippen molar-refractivity contribution >= 4 is 11.9 Å². The van der Waals surface area contributed by atoms with Crippen LogP contribution in [-0.2, 0) is 6.54 Å². The topological polar surface area (TPSA) is 106 Å². The van der Waals surface area contributed by atoms with Gasteiger partial charge in [-0.05, 0) is 29.8 Å². The Bertz CT molecular complexity index is 1220. The molecule has 2 aromatic heterocycles. The highest BCUT2D eigenvalue weighted by atomic mass is 19.3. The summed E-state index contributed by atoms with van der Waals surface area (Å²) in [7, 11) is 0. The van der Waals surface area contributed by atoms with Crippen molar-refractivity contribution < 1.29 is 13.2 Å². The van der Waals surface area contributed by atoms with Gasteiger partial charge in [0.15, 0.2) is 6.29 Å². The number of anilines is 1. The average molecular weight is 436 g/mol. The van der Waals surface area contributed by atoms with Gasteiger partial charge >= 0.3 is 6.43 Å². The number of halogens is 2. The van der Waals surface area contributed by atoms with Gasteiger partial charge in [-0.2, -0.15) is 8.78 Å². The van der Waals surface area contributed by atoms with E-state index in [9.17, 15) is 8.78 Å². The molecule has 1 atom stereocenters. The highest BCUT2D eigenvalue weighted by Crippen LogP contribution is 2.24. The van der Waals surface area contributed by atoms with Crippen LogP contribution in [0.15, 0.2) is 64.1 Å². The maximum absolute atomic E-state index is 12.6. The SMILES string of the molecule is FC(F)c1nnc(-c2ccc(Cn3cc(-c4ccc(NC5N=CCN5)cc4)nn3)cc2)o1. The minimum absolute atomic E-state index is 0.0587. The van der Waals surface area contributed by atoms with E-state index >= 15 is 0 Å². The highest BCUT2D eigenvalue weighted by molar-refractivity contribution is 5.64. The lowest BCUT2D eigenvalue weighted by Crippen LogP contribution is -2.29. The molecule has 0 saturated heterocycles. The molecule has 0 amide bonds. The lowest BCUT2D eigenvalue weighted by Gasteiger charge is -2.12. The van der Waals surface area contributed by atoms with Crippen LogP contribution >= 0.6 is 0 Å². The van der Waals surface area contributed by atoms with Gasteiger partial charge in [-0.25, -0.2) is 4.68 Å². The van der Waals surface area contributed by atoms with Crippen molar-refractivity contribution in [1.82, 2.24) is 30.5 Å². The molecule has 0 aliphatic carbocycles. The fourth-order valence-electron chi connectivity index (χ4n) is 3.25. The number of aromatic nitrogens is 5. The first-order valence-electron chi connectivity index (χ1n) is 9.87. The van der Waals surface area contributed by atoms with Crippen LogP contribution in [0.5, 0.6) is 0 Å². The molecular weight excluding hydrogens is 418 g/mol. The van der Waals surface area contributed by atoms with Crippen molar-refractivity contribution in [1.29, 1.82) is 0 Å². The van der Waals surface area contributed by atoms with E-state index in [2.05, 4.69) is 36.1 Å². The predicted octanol–water partition coefficient (Wildman–Crippen LogP) is 3.35. The third-order valence-corrected chi connectivity index (χ3v) is 4.85. The van der Waals surface area contributed by atoms with E-state index in [0.29, 0.717) is 12.1 Å². The number of hydrogen-bond acceptors (Lipinski definition) is 8. The molecule has 162 valence electrons. The third-order valence-electron chi connectivity index (χ3n) is 4.85. The van der Waals surface area contributed by atoms with Crippen LogP contribution in [0.1, 0.15) is 17.9 Å². The zero-order valence-electron chi connectivity index (χ0n) is 16.7. The first kappa shape index (κ1) is 19.9. The Hall–Kier alpha value is -3.99. The second kappa shape index (κ2) is 8.63. The second-order valence-electron chi connectivity index (χ2n) is 7.11. The fourth-order valence-corrected chi connectivity index (χ4v) is 3.25. The Morgan fingerprint density at radius 2 is 1.81 bits per heavy atom. The standard InChI is InChI=1S/C21H18F2N8O/c22-18(23)20-29-28-19(32-20)15-3-1-13(2-4-15)11-31-12-17(27-30-31)14-5-7-16(8-6-14)26-21-24-9-10-25-21/h1-9,12,18,21,25-26H,10-11H2. The normalized spacial score (nSPS) is 15.5. The summed E-state index contributed by atoms with van der Waals surface area (Å²) in [4.78, 5) is 4.27.